The molecule has 1 saturated heterocycles. The highest BCUT2D eigenvalue weighted by Gasteiger charge is 2.24. The minimum atomic E-state index is -0.318. The standard InChI is InChI=1S/C23H26ClN5O3/c1-3-29-19-7-5-4-6-17(19)26-21(22(29)30)28-12-10-16(11-13-28)25-23(31)27-18-14-15(24)8-9-20(18)32-2/h4-9,14,16H,3,10-13H2,1-2H3,(H2,25,27,31). The molecular weight excluding hydrogens is 430 g/mol. The molecule has 1 aliphatic rings. The van der Waals surface area contributed by atoms with E-state index in [9.17, 15) is 9.59 Å². The maximum Gasteiger partial charge on any atom is 0.319 e. The Morgan fingerprint density at radius 2 is 1.97 bits per heavy atom. The number of hydrogen-bond acceptors (Lipinski definition) is 5. The van der Waals surface area contributed by atoms with Crippen LogP contribution in [0.2, 0.25) is 5.02 Å². The lowest BCUT2D eigenvalue weighted by Crippen LogP contribution is -2.47. The Hall–Kier alpha value is -3.26. The van der Waals surface area contributed by atoms with Crippen LogP contribution in [0.15, 0.2) is 47.3 Å². The van der Waals surface area contributed by atoms with Crippen molar-refractivity contribution in [1.82, 2.24) is 14.9 Å². The van der Waals surface area contributed by atoms with Crippen molar-refractivity contribution in [2.75, 3.05) is 30.4 Å². The number of benzene rings is 2. The van der Waals surface area contributed by atoms with Gasteiger partial charge >= 0.3 is 6.03 Å². The average molecular weight is 456 g/mol. The number of carbonyl (C=O) groups excluding carboxylic acids is 1. The van der Waals surface area contributed by atoms with Gasteiger partial charge in [0.1, 0.15) is 5.75 Å². The Kier molecular flexibility index (Phi) is 6.50. The fourth-order valence-electron chi connectivity index (χ4n) is 4.06. The number of fused-ring (bicyclic) bond motifs is 1. The molecule has 2 amide bonds. The van der Waals surface area contributed by atoms with Crippen molar-refractivity contribution in [3.05, 3.63) is 57.8 Å². The van der Waals surface area contributed by atoms with Crippen LogP contribution in [0.5, 0.6) is 5.75 Å². The topological polar surface area (TPSA) is 88.5 Å². The molecule has 0 atom stereocenters. The predicted octanol–water partition coefficient (Wildman–Crippen LogP) is 3.87. The maximum atomic E-state index is 13.0. The second-order valence-corrected chi connectivity index (χ2v) is 8.11. The average Bonchev–Trinajstić information content (AvgIpc) is 2.79. The van der Waals surface area contributed by atoms with E-state index in [4.69, 9.17) is 16.3 Å². The van der Waals surface area contributed by atoms with Crippen molar-refractivity contribution in [2.45, 2.75) is 32.4 Å². The number of carbonyl (C=O) groups is 1. The Morgan fingerprint density at radius 1 is 1.22 bits per heavy atom. The number of ether oxygens (including phenoxy) is 1. The number of aromatic nitrogens is 2. The number of aryl methyl sites for hydroxylation is 1. The van der Waals surface area contributed by atoms with Gasteiger partial charge < -0.3 is 24.8 Å². The lowest BCUT2D eigenvalue weighted by atomic mass is 10.1. The van der Waals surface area contributed by atoms with Crippen molar-refractivity contribution < 1.29 is 9.53 Å². The van der Waals surface area contributed by atoms with E-state index in [1.165, 1.54) is 7.11 Å². The lowest BCUT2D eigenvalue weighted by Gasteiger charge is -2.33. The van der Waals surface area contributed by atoms with E-state index >= 15 is 0 Å². The van der Waals surface area contributed by atoms with Crippen LogP contribution < -0.4 is 25.8 Å². The first-order chi connectivity index (χ1) is 15.5. The highest BCUT2D eigenvalue weighted by molar-refractivity contribution is 6.31. The number of piperidine rings is 1. The Bertz CT molecular complexity index is 1190. The molecule has 3 aromatic rings. The largest absolute Gasteiger partial charge is 0.495 e. The van der Waals surface area contributed by atoms with E-state index in [0.717, 1.165) is 11.0 Å². The molecule has 0 saturated carbocycles. The van der Waals surface area contributed by atoms with Crippen molar-refractivity contribution in [3.8, 4) is 5.75 Å². The van der Waals surface area contributed by atoms with E-state index in [-0.39, 0.29) is 17.6 Å². The Morgan fingerprint density at radius 3 is 2.69 bits per heavy atom. The van der Waals surface area contributed by atoms with Gasteiger partial charge in [0.2, 0.25) is 0 Å². The monoisotopic (exact) mass is 455 g/mol. The zero-order valence-electron chi connectivity index (χ0n) is 18.1. The molecule has 1 aliphatic heterocycles. The minimum absolute atomic E-state index is 0.00899. The summed E-state index contributed by atoms with van der Waals surface area (Å²) in [6.45, 7) is 3.81. The molecule has 0 radical (unpaired) electrons. The van der Waals surface area contributed by atoms with Gasteiger partial charge in [0.05, 0.1) is 23.8 Å². The van der Waals surface area contributed by atoms with E-state index < -0.39 is 0 Å². The molecule has 9 heteroatoms. The first-order valence-corrected chi connectivity index (χ1v) is 11.0. The van der Waals surface area contributed by atoms with Gasteiger partial charge in [0, 0.05) is 30.7 Å². The summed E-state index contributed by atoms with van der Waals surface area (Å²) in [6.07, 6.45) is 1.42. The molecule has 1 fully saturated rings. The summed E-state index contributed by atoms with van der Waals surface area (Å²) in [5.41, 5.74) is 2.08. The van der Waals surface area contributed by atoms with Crippen molar-refractivity contribution in [3.63, 3.8) is 0 Å². The van der Waals surface area contributed by atoms with E-state index in [2.05, 4.69) is 15.6 Å². The summed E-state index contributed by atoms with van der Waals surface area (Å²) < 4.78 is 7.03. The second kappa shape index (κ2) is 9.48. The molecule has 2 heterocycles. The molecule has 2 aromatic carbocycles. The van der Waals surface area contributed by atoms with E-state index in [0.29, 0.717) is 54.8 Å². The van der Waals surface area contributed by atoms with Gasteiger partial charge in [0.15, 0.2) is 5.82 Å². The van der Waals surface area contributed by atoms with Crippen LogP contribution in [-0.4, -0.2) is 41.8 Å². The molecule has 8 nitrogen and oxygen atoms in total. The predicted molar refractivity (Wildman–Crippen MR) is 127 cm³/mol. The van der Waals surface area contributed by atoms with Crippen LogP contribution in [0.3, 0.4) is 0 Å². The summed E-state index contributed by atoms with van der Waals surface area (Å²) in [6, 6.07) is 12.4. The summed E-state index contributed by atoms with van der Waals surface area (Å²) >= 11 is 6.03. The minimum Gasteiger partial charge on any atom is -0.495 e. The van der Waals surface area contributed by atoms with Gasteiger partial charge in [-0.25, -0.2) is 9.78 Å². The molecule has 4 rings (SSSR count). The number of urea groups is 1. The van der Waals surface area contributed by atoms with Crippen LogP contribution in [0.25, 0.3) is 11.0 Å². The maximum absolute atomic E-state index is 13.0. The molecule has 32 heavy (non-hydrogen) atoms. The first-order valence-electron chi connectivity index (χ1n) is 10.7. The number of anilines is 2. The lowest BCUT2D eigenvalue weighted by molar-refractivity contribution is 0.246. The zero-order valence-corrected chi connectivity index (χ0v) is 18.9. The van der Waals surface area contributed by atoms with Crippen LogP contribution >= 0.6 is 11.6 Å². The second-order valence-electron chi connectivity index (χ2n) is 7.68. The Balaban J connectivity index is 1.42. The molecular formula is C23H26ClN5O3. The van der Waals surface area contributed by atoms with Gasteiger partial charge in [-0.05, 0) is 50.1 Å². The Labute approximate surface area is 191 Å². The van der Waals surface area contributed by atoms with Crippen LogP contribution in [0.1, 0.15) is 19.8 Å². The van der Waals surface area contributed by atoms with Crippen LogP contribution in [0.4, 0.5) is 16.3 Å². The number of rotatable bonds is 5. The first kappa shape index (κ1) is 22.0. The van der Waals surface area contributed by atoms with Crippen LogP contribution in [0, 0.1) is 0 Å². The van der Waals surface area contributed by atoms with Crippen molar-refractivity contribution in [2.24, 2.45) is 0 Å². The molecule has 168 valence electrons. The molecule has 0 spiro atoms. The molecule has 1 aromatic heterocycles. The van der Waals surface area contributed by atoms with Crippen molar-refractivity contribution >= 4 is 40.2 Å². The number of para-hydroxylation sites is 2. The van der Waals surface area contributed by atoms with Gasteiger partial charge in [0.25, 0.3) is 5.56 Å². The molecule has 0 unspecified atom stereocenters. The molecule has 2 N–H and O–H groups in total. The number of halogens is 1. The quantitative estimate of drug-likeness (QED) is 0.609. The fourth-order valence-corrected chi connectivity index (χ4v) is 4.23. The summed E-state index contributed by atoms with van der Waals surface area (Å²) in [5.74, 6) is 1.01. The smallest absolute Gasteiger partial charge is 0.319 e. The molecule has 0 bridgehead atoms. The highest BCUT2D eigenvalue weighted by Crippen LogP contribution is 2.27. The third kappa shape index (κ3) is 4.50. The van der Waals surface area contributed by atoms with Crippen LogP contribution in [-0.2, 0) is 6.54 Å². The SMILES string of the molecule is CCn1c(=O)c(N2CCC(NC(=O)Nc3cc(Cl)ccc3OC)CC2)nc2ccccc21. The number of nitrogens with zero attached hydrogens (tertiary/aromatic N) is 3. The normalized spacial score (nSPS) is 14.4. The van der Waals surface area contributed by atoms with E-state index in [1.54, 1.807) is 22.8 Å². The number of nitrogens with one attached hydrogen (secondary N) is 2. The van der Waals surface area contributed by atoms with E-state index in [1.807, 2.05) is 36.1 Å². The van der Waals surface area contributed by atoms with Crippen molar-refractivity contribution in [1.29, 1.82) is 0 Å². The number of amides is 2. The zero-order chi connectivity index (χ0) is 22.7. The highest BCUT2D eigenvalue weighted by atomic mass is 35.5. The summed E-state index contributed by atoms with van der Waals surface area (Å²) in [7, 11) is 1.54. The van der Waals surface area contributed by atoms with Gasteiger partial charge in [-0.15, -0.1) is 0 Å². The van der Waals surface area contributed by atoms with Gasteiger partial charge in [-0.3, -0.25) is 4.79 Å². The third-order valence-electron chi connectivity index (χ3n) is 5.69. The number of hydrogen-bond donors (Lipinski definition) is 2. The summed E-state index contributed by atoms with van der Waals surface area (Å²) in [4.78, 5) is 32.2. The fraction of sp³-hybridized carbons (Fsp3) is 0.348. The van der Waals surface area contributed by atoms with Gasteiger partial charge in [-0.1, -0.05) is 23.7 Å². The third-order valence-corrected chi connectivity index (χ3v) is 5.93. The summed E-state index contributed by atoms with van der Waals surface area (Å²) in [5, 5.41) is 6.31. The number of methoxy groups -OCH3 is 1. The molecule has 0 aliphatic carbocycles. The van der Waals surface area contributed by atoms with Gasteiger partial charge in [-0.2, -0.15) is 0 Å².